The summed E-state index contributed by atoms with van der Waals surface area (Å²) in [4.78, 5) is 12.7. The van der Waals surface area contributed by atoms with Crippen LogP contribution in [-0.2, 0) is 6.54 Å². The van der Waals surface area contributed by atoms with E-state index in [9.17, 15) is 9.18 Å². The Hall–Kier alpha value is -3.09. The van der Waals surface area contributed by atoms with Crippen LogP contribution < -0.4 is 5.56 Å². The van der Waals surface area contributed by atoms with Gasteiger partial charge in [0.05, 0.1) is 11.3 Å². The lowest BCUT2D eigenvalue weighted by Gasteiger charge is -2.07. The highest BCUT2D eigenvalue weighted by molar-refractivity contribution is 5.84. The largest absolute Gasteiger partial charge is 0.313 e. The van der Waals surface area contributed by atoms with Gasteiger partial charge in [-0.3, -0.25) is 4.79 Å². The summed E-state index contributed by atoms with van der Waals surface area (Å²) in [5, 5.41) is 13.0. The molecule has 1 aromatic carbocycles. The molecule has 138 valence electrons. The lowest BCUT2D eigenvalue weighted by molar-refractivity contribution is 0.589. The van der Waals surface area contributed by atoms with E-state index in [0.717, 1.165) is 36.1 Å². The van der Waals surface area contributed by atoms with E-state index in [1.54, 1.807) is 27.4 Å². The first kappa shape index (κ1) is 17.3. The van der Waals surface area contributed by atoms with Crippen LogP contribution in [0.4, 0.5) is 4.39 Å². The minimum atomic E-state index is -0.298. The van der Waals surface area contributed by atoms with Gasteiger partial charge < -0.3 is 4.57 Å². The van der Waals surface area contributed by atoms with Crippen LogP contribution in [0.5, 0.6) is 0 Å². The molecule has 0 spiro atoms. The number of halogens is 1. The predicted molar refractivity (Wildman–Crippen MR) is 102 cm³/mol. The maximum atomic E-state index is 13.3. The Morgan fingerprint density at radius 1 is 1.07 bits per heavy atom. The minimum absolute atomic E-state index is 0.158. The summed E-state index contributed by atoms with van der Waals surface area (Å²) in [6.07, 6.45) is 4.92. The van der Waals surface area contributed by atoms with Crippen molar-refractivity contribution < 1.29 is 4.39 Å². The third-order valence-corrected chi connectivity index (χ3v) is 4.76. The first-order chi connectivity index (χ1) is 13.1. The van der Waals surface area contributed by atoms with Gasteiger partial charge in [0.2, 0.25) is 0 Å². The topological polar surface area (TPSA) is 65.1 Å². The van der Waals surface area contributed by atoms with E-state index < -0.39 is 0 Å². The molecule has 0 atom stereocenters. The molecule has 7 heteroatoms. The molecule has 0 saturated heterocycles. The Morgan fingerprint density at radius 2 is 1.85 bits per heavy atom. The van der Waals surface area contributed by atoms with E-state index in [-0.39, 0.29) is 11.4 Å². The number of aromatic nitrogens is 5. The number of nitrogens with zero attached hydrogens (tertiary/aromatic N) is 5. The van der Waals surface area contributed by atoms with E-state index in [0.29, 0.717) is 23.2 Å². The molecule has 0 fully saturated rings. The highest BCUT2D eigenvalue weighted by atomic mass is 19.1. The third-order valence-electron chi connectivity index (χ3n) is 4.76. The average molecular weight is 365 g/mol. The van der Waals surface area contributed by atoms with Gasteiger partial charge in [-0.2, -0.15) is 5.10 Å². The van der Waals surface area contributed by atoms with Crippen molar-refractivity contribution in [2.45, 2.75) is 39.7 Å². The van der Waals surface area contributed by atoms with Gasteiger partial charge in [-0.15, -0.1) is 10.2 Å². The van der Waals surface area contributed by atoms with Gasteiger partial charge in [-0.1, -0.05) is 31.9 Å². The summed E-state index contributed by atoms with van der Waals surface area (Å²) in [6.45, 7) is 4.66. The SMILES string of the molecule is CCCCCn1ccc2c(nnc3c(-c4ccc(F)cc4)c(C)nn32)c1=O. The summed E-state index contributed by atoms with van der Waals surface area (Å²) in [5.74, 6) is -0.298. The van der Waals surface area contributed by atoms with Crippen LogP contribution in [-0.4, -0.2) is 24.4 Å². The quantitative estimate of drug-likeness (QED) is 0.505. The molecule has 0 bridgehead atoms. The minimum Gasteiger partial charge on any atom is -0.313 e. The molecule has 0 unspecified atom stereocenters. The molecular weight excluding hydrogens is 345 g/mol. The molecule has 4 aromatic rings. The number of aryl methyl sites for hydroxylation is 2. The molecule has 3 heterocycles. The molecule has 6 nitrogen and oxygen atoms in total. The Balaban J connectivity index is 1.87. The molecule has 4 rings (SSSR count). The molecule has 0 aliphatic rings. The van der Waals surface area contributed by atoms with Crippen molar-refractivity contribution in [3.63, 3.8) is 0 Å². The Labute approximate surface area is 155 Å². The number of pyridine rings is 1. The summed E-state index contributed by atoms with van der Waals surface area (Å²) in [5.41, 5.74) is 3.66. The fourth-order valence-corrected chi connectivity index (χ4v) is 3.35. The maximum Gasteiger partial charge on any atom is 0.280 e. The molecular formula is C20H20FN5O. The first-order valence-electron chi connectivity index (χ1n) is 9.11. The average Bonchev–Trinajstić information content (AvgIpc) is 3.00. The van der Waals surface area contributed by atoms with Gasteiger partial charge in [0, 0.05) is 12.7 Å². The van der Waals surface area contributed by atoms with Crippen LogP contribution in [0.15, 0.2) is 41.3 Å². The van der Waals surface area contributed by atoms with Gasteiger partial charge in [-0.05, 0) is 37.1 Å². The number of fused-ring (bicyclic) bond motifs is 3. The lowest BCUT2D eigenvalue weighted by Crippen LogP contribution is -2.21. The van der Waals surface area contributed by atoms with Crippen molar-refractivity contribution in [1.29, 1.82) is 0 Å². The zero-order valence-electron chi connectivity index (χ0n) is 15.3. The molecule has 0 saturated carbocycles. The van der Waals surface area contributed by atoms with Crippen LogP contribution in [0.25, 0.3) is 27.8 Å². The van der Waals surface area contributed by atoms with Crippen LogP contribution in [0.2, 0.25) is 0 Å². The fraction of sp³-hybridized carbons (Fsp3) is 0.300. The zero-order chi connectivity index (χ0) is 19.0. The summed E-state index contributed by atoms with van der Waals surface area (Å²) in [7, 11) is 0. The highest BCUT2D eigenvalue weighted by Gasteiger charge is 2.17. The summed E-state index contributed by atoms with van der Waals surface area (Å²) in [6, 6.07) is 8.04. The Bertz CT molecular complexity index is 1180. The van der Waals surface area contributed by atoms with Crippen molar-refractivity contribution in [3.05, 3.63) is 58.4 Å². The van der Waals surface area contributed by atoms with E-state index in [4.69, 9.17) is 0 Å². The van der Waals surface area contributed by atoms with Crippen LogP contribution >= 0.6 is 0 Å². The zero-order valence-corrected chi connectivity index (χ0v) is 15.3. The normalized spacial score (nSPS) is 11.5. The first-order valence-corrected chi connectivity index (χ1v) is 9.11. The van der Waals surface area contributed by atoms with Crippen molar-refractivity contribution >= 4 is 16.7 Å². The van der Waals surface area contributed by atoms with Gasteiger partial charge >= 0.3 is 0 Å². The van der Waals surface area contributed by atoms with E-state index in [2.05, 4.69) is 22.2 Å². The van der Waals surface area contributed by atoms with E-state index >= 15 is 0 Å². The number of hydrogen-bond acceptors (Lipinski definition) is 4. The molecule has 0 N–H and O–H groups in total. The van der Waals surface area contributed by atoms with Crippen molar-refractivity contribution in [2.75, 3.05) is 0 Å². The van der Waals surface area contributed by atoms with E-state index in [1.165, 1.54) is 12.1 Å². The fourth-order valence-electron chi connectivity index (χ4n) is 3.35. The van der Waals surface area contributed by atoms with Crippen molar-refractivity contribution in [3.8, 4) is 11.1 Å². The van der Waals surface area contributed by atoms with Gasteiger partial charge in [0.15, 0.2) is 11.2 Å². The Kier molecular flexibility index (Phi) is 4.43. The number of benzene rings is 1. The van der Waals surface area contributed by atoms with Crippen LogP contribution in [0, 0.1) is 12.7 Å². The Morgan fingerprint density at radius 3 is 2.59 bits per heavy atom. The number of unbranched alkanes of at least 4 members (excludes halogenated alkanes) is 2. The second kappa shape index (κ2) is 6.90. The molecule has 0 aliphatic heterocycles. The highest BCUT2D eigenvalue weighted by Crippen LogP contribution is 2.28. The number of hydrogen-bond donors (Lipinski definition) is 0. The molecule has 3 aromatic heterocycles. The molecule has 27 heavy (non-hydrogen) atoms. The second-order valence-corrected chi connectivity index (χ2v) is 6.66. The van der Waals surface area contributed by atoms with Gasteiger partial charge in [0.1, 0.15) is 11.3 Å². The third kappa shape index (κ3) is 2.99. The predicted octanol–water partition coefficient (Wildman–Crippen LogP) is 3.74. The molecule has 0 aliphatic carbocycles. The van der Waals surface area contributed by atoms with E-state index in [1.807, 2.05) is 13.0 Å². The molecule has 0 amide bonds. The smallest absolute Gasteiger partial charge is 0.280 e. The van der Waals surface area contributed by atoms with Crippen LogP contribution in [0.3, 0.4) is 0 Å². The summed E-state index contributed by atoms with van der Waals surface area (Å²) < 4.78 is 16.6. The van der Waals surface area contributed by atoms with Crippen molar-refractivity contribution in [1.82, 2.24) is 24.4 Å². The van der Waals surface area contributed by atoms with Gasteiger partial charge in [-0.25, -0.2) is 8.91 Å². The summed E-state index contributed by atoms with van der Waals surface area (Å²) >= 11 is 0. The van der Waals surface area contributed by atoms with Crippen LogP contribution in [0.1, 0.15) is 31.9 Å². The second-order valence-electron chi connectivity index (χ2n) is 6.66. The van der Waals surface area contributed by atoms with Crippen molar-refractivity contribution in [2.24, 2.45) is 0 Å². The lowest BCUT2D eigenvalue weighted by atomic mass is 10.1. The molecule has 0 radical (unpaired) electrons. The van der Waals surface area contributed by atoms with Gasteiger partial charge in [0.25, 0.3) is 5.56 Å². The monoisotopic (exact) mass is 365 g/mol. The number of rotatable bonds is 5. The standard InChI is InChI=1S/C20H20FN5O/c1-3-4-5-11-25-12-10-16-18(20(25)27)22-23-19-17(13(2)24-26(16)19)14-6-8-15(21)9-7-14/h6-10,12H,3-5,11H2,1-2H3. The maximum absolute atomic E-state index is 13.3.